The van der Waals surface area contributed by atoms with E-state index in [-0.39, 0.29) is 29.4 Å². The lowest BCUT2D eigenvalue weighted by molar-refractivity contribution is -0.139. The second-order valence-corrected chi connectivity index (χ2v) is 9.45. The Labute approximate surface area is 205 Å². The van der Waals surface area contributed by atoms with Crippen molar-refractivity contribution in [2.45, 2.75) is 44.6 Å². The summed E-state index contributed by atoms with van der Waals surface area (Å²) < 4.78 is 14.0. The summed E-state index contributed by atoms with van der Waals surface area (Å²) in [4.78, 5) is 28.4. The number of halogens is 1. The molecule has 0 aliphatic rings. The van der Waals surface area contributed by atoms with Crippen LogP contribution in [0.25, 0.3) is 0 Å². The van der Waals surface area contributed by atoms with E-state index >= 15 is 0 Å². The molecule has 3 rings (SSSR count). The Morgan fingerprint density at radius 3 is 2.09 bits per heavy atom. The van der Waals surface area contributed by atoms with Crippen molar-refractivity contribution >= 4 is 23.6 Å². The number of carbonyl (C=O) groups excluding carboxylic acids is 2. The fourth-order valence-corrected chi connectivity index (χ4v) is 4.56. The Kier molecular flexibility index (Phi) is 9.71. The van der Waals surface area contributed by atoms with Crippen LogP contribution in [-0.2, 0) is 28.3 Å². The molecule has 0 saturated carbocycles. The van der Waals surface area contributed by atoms with E-state index in [1.807, 2.05) is 74.5 Å². The molecule has 0 spiro atoms. The number of carbonyl (C=O) groups is 2. The molecule has 2 amide bonds. The number of nitrogens with one attached hydrogen (secondary N) is 1. The molecule has 3 aromatic carbocycles. The molecule has 0 radical (unpaired) electrons. The van der Waals surface area contributed by atoms with Gasteiger partial charge in [0.1, 0.15) is 11.9 Å². The molecular weight excluding hydrogens is 447 g/mol. The van der Waals surface area contributed by atoms with Crippen LogP contribution in [0.5, 0.6) is 0 Å². The van der Waals surface area contributed by atoms with E-state index in [0.29, 0.717) is 24.3 Å². The van der Waals surface area contributed by atoms with E-state index in [0.717, 1.165) is 11.1 Å². The second kappa shape index (κ2) is 12.9. The van der Waals surface area contributed by atoms with Gasteiger partial charge < -0.3 is 10.2 Å². The third-order valence-electron chi connectivity index (χ3n) is 5.34. The van der Waals surface area contributed by atoms with E-state index in [1.54, 1.807) is 23.1 Å². The highest BCUT2D eigenvalue weighted by Crippen LogP contribution is 2.19. The third kappa shape index (κ3) is 7.73. The van der Waals surface area contributed by atoms with E-state index in [9.17, 15) is 14.0 Å². The third-order valence-corrected chi connectivity index (χ3v) is 6.30. The lowest BCUT2D eigenvalue weighted by atomic mass is 10.0. The number of hydrogen-bond donors (Lipinski definition) is 1. The van der Waals surface area contributed by atoms with Crippen LogP contribution < -0.4 is 5.32 Å². The number of nitrogens with zero attached hydrogens (tertiary/aromatic N) is 1. The monoisotopic (exact) mass is 478 g/mol. The number of rotatable bonds is 11. The smallest absolute Gasteiger partial charge is 0.243 e. The Morgan fingerprint density at radius 2 is 1.47 bits per heavy atom. The summed E-state index contributed by atoms with van der Waals surface area (Å²) in [5, 5.41) is 2.98. The van der Waals surface area contributed by atoms with Crippen LogP contribution in [0.15, 0.2) is 84.9 Å². The molecule has 34 heavy (non-hydrogen) atoms. The molecule has 4 nitrogen and oxygen atoms in total. The molecule has 0 aliphatic carbocycles. The molecule has 0 aliphatic heterocycles. The van der Waals surface area contributed by atoms with Crippen LogP contribution >= 0.6 is 11.8 Å². The van der Waals surface area contributed by atoms with Gasteiger partial charge in [-0.25, -0.2) is 4.39 Å². The number of thioether (sulfide) groups is 1. The summed E-state index contributed by atoms with van der Waals surface area (Å²) in [7, 11) is 0. The van der Waals surface area contributed by atoms with E-state index in [4.69, 9.17) is 0 Å². The zero-order valence-corrected chi connectivity index (χ0v) is 20.4. The number of hydrogen-bond acceptors (Lipinski definition) is 3. The average molecular weight is 479 g/mol. The predicted octanol–water partition coefficient (Wildman–Crippen LogP) is 5.22. The normalized spacial score (nSPS) is 11.8. The SMILES string of the molecule is CC(C)NC(=O)C(Cc1ccccc1)N(Cc1ccccc1)C(=O)CSCc1ccccc1F. The number of benzene rings is 3. The highest BCUT2D eigenvalue weighted by molar-refractivity contribution is 7.99. The highest BCUT2D eigenvalue weighted by atomic mass is 32.2. The minimum Gasteiger partial charge on any atom is -0.352 e. The molecule has 178 valence electrons. The zero-order valence-electron chi connectivity index (χ0n) is 19.6. The van der Waals surface area contributed by atoms with Crippen LogP contribution in [0.3, 0.4) is 0 Å². The molecule has 1 unspecified atom stereocenters. The van der Waals surface area contributed by atoms with Crippen molar-refractivity contribution in [2.75, 3.05) is 5.75 Å². The molecule has 6 heteroatoms. The van der Waals surface area contributed by atoms with Crippen molar-refractivity contribution in [3.05, 3.63) is 107 Å². The van der Waals surface area contributed by atoms with Gasteiger partial charge in [-0.15, -0.1) is 11.8 Å². The fourth-order valence-electron chi connectivity index (χ4n) is 3.66. The average Bonchev–Trinajstić information content (AvgIpc) is 2.83. The molecule has 0 fully saturated rings. The van der Waals surface area contributed by atoms with E-state index in [1.165, 1.54) is 17.8 Å². The maximum atomic E-state index is 14.0. The molecule has 0 bridgehead atoms. The van der Waals surface area contributed by atoms with Gasteiger partial charge in [-0.1, -0.05) is 78.9 Å². The van der Waals surface area contributed by atoms with Gasteiger partial charge in [0, 0.05) is 24.8 Å². The molecule has 0 saturated heterocycles. The summed E-state index contributed by atoms with van der Waals surface area (Å²) in [6, 6.07) is 25.3. The lowest BCUT2D eigenvalue weighted by Crippen LogP contribution is -2.52. The van der Waals surface area contributed by atoms with Crippen LogP contribution in [0.1, 0.15) is 30.5 Å². The largest absolute Gasteiger partial charge is 0.352 e. The minimum atomic E-state index is -0.661. The summed E-state index contributed by atoms with van der Waals surface area (Å²) in [5.41, 5.74) is 2.50. The van der Waals surface area contributed by atoms with Crippen LogP contribution in [0.2, 0.25) is 0 Å². The zero-order chi connectivity index (χ0) is 24.3. The van der Waals surface area contributed by atoms with Crippen molar-refractivity contribution in [3.8, 4) is 0 Å². The Morgan fingerprint density at radius 1 is 0.882 bits per heavy atom. The second-order valence-electron chi connectivity index (χ2n) is 8.46. The standard InChI is InChI=1S/C28H31FN2O2S/c1-21(2)30-28(33)26(17-22-11-5-3-6-12-22)31(18-23-13-7-4-8-14-23)27(32)20-34-19-24-15-9-10-16-25(24)29/h3-16,21,26H,17-20H2,1-2H3,(H,30,33). The molecule has 0 heterocycles. The van der Waals surface area contributed by atoms with Crippen molar-refractivity contribution in [2.24, 2.45) is 0 Å². The van der Waals surface area contributed by atoms with E-state index in [2.05, 4.69) is 5.32 Å². The first-order valence-electron chi connectivity index (χ1n) is 11.4. The van der Waals surface area contributed by atoms with Crippen molar-refractivity contribution in [3.63, 3.8) is 0 Å². The summed E-state index contributed by atoms with van der Waals surface area (Å²) in [5.74, 6) is -0.0605. The highest BCUT2D eigenvalue weighted by Gasteiger charge is 2.30. The summed E-state index contributed by atoms with van der Waals surface area (Å²) >= 11 is 1.35. The molecular formula is C28H31FN2O2S. The van der Waals surface area contributed by atoms with Crippen LogP contribution in [0, 0.1) is 5.82 Å². The molecule has 1 N–H and O–H groups in total. The first kappa shape index (κ1) is 25.5. The topological polar surface area (TPSA) is 49.4 Å². The van der Waals surface area contributed by atoms with Gasteiger partial charge in [-0.2, -0.15) is 0 Å². The van der Waals surface area contributed by atoms with Gasteiger partial charge in [-0.3, -0.25) is 9.59 Å². The van der Waals surface area contributed by atoms with Crippen molar-refractivity contribution < 1.29 is 14.0 Å². The maximum absolute atomic E-state index is 14.0. The lowest BCUT2D eigenvalue weighted by Gasteiger charge is -2.32. The Balaban J connectivity index is 1.83. The quantitative estimate of drug-likeness (QED) is 0.411. The first-order chi connectivity index (χ1) is 16.4. The van der Waals surface area contributed by atoms with Gasteiger partial charge in [0.15, 0.2) is 0 Å². The van der Waals surface area contributed by atoms with Crippen molar-refractivity contribution in [1.82, 2.24) is 10.2 Å². The van der Waals surface area contributed by atoms with Gasteiger partial charge >= 0.3 is 0 Å². The molecule has 0 aromatic heterocycles. The molecule has 1 atom stereocenters. The predicted molar refractivity (Wildman–Crippen MR) is 137 cm³/mol. The first-order valence-corrected chi connectivity index (χ1v) is 12.6. The van der Waals surface area contributed by atoms with Gasteiger partial charge in [0.05, 0.1) is 5.75 Å². The van der Waals surface area contributed by atoms with Crippen LogP contribution in [0.4, 0.5) is 4.39 Å². The van der Waals surface area contributed by atoms with Gasteiger partial charge in [0.25, 0.3) is 0 Å². The fraction of sp³-hybridized carbons (Fsp3) is 0.286. The van der Waals surface area contributed by atoms with Gasteiger partial charge in [0.2, 0.25) is 11.8 Å². The van der Waals surface area contributed by atoms with Crippen LogP contribution in [-0.4, -0.2) is 34.6 Å². The van der Waals surface area contributed by atoms with Crippen molar-refractivity contribution in [1.29, 1.82) is 0 Å². The van der Waals surface area contributed by atoms with E-state index < -0.39 is 6.04 Å². The molecule has 3 aromatic rings. The Bertz CT molecular complexity index is 1060. The Hall–Kier alpha value is -3.12. The summed E-state index contributed by atoms with van der Waals surface area (Å²) in [6.45, 7) is 4.14. The summed E-state index contributed by atoms with van der Waals surface area (Å²) in [6.07, 6.45) is 0.413. The number of amides is 2. The minimum absolute atomic E-state index is 0.0464. The maximum Gasteiger partial charge on any atom is 0.243 e. The van der Waals surface area contributed by atoms with Gasteiger partial charge in [-0.05, 0) is 36.6 Å².